The van der Waals surface area contributed by atoms with Crippen LogP contribution in [0.15, 0.2) is 11.6 Å². The Bertz CT molecular complexity index is 342. The predicted molar refractivity (Wildman–Crippen MR) is 77.5 cm³/mol. The lowest BCUT2D eigenvalue weighted by Gasteiger charge is -2.36. The topological polar surface area (TPSA) is 12.0 Å². The third kappa shape index (κ3) is 2.39. The van der Waals surface area contributed by atoms with Crippen molar-refractivity contribution in [3.05, 3.63) is 11.6 Å². The fraction of sp³-hybridized carbons (Fsp3) is 0.882. The molecule has 0 amide bonds. The summed E-state index contributed by atoms with van der Waals surface area (Å²) in [5, 5.41) is 3.75. The Balaban J connectivity index is 1.74. The molecule has 0 radical (unpaired) electrons. The minimum atomic E-state index is 0.365. The van der Waals surface area contributed by atoms with Crippen molar-refractivity contribution in [2.75, 3.05) is 6.54 Å². The standard InChI is InChI=1S/C17H29N/c1-12-4-5-15-14(10-12)11-13-7-9-18-17(2,3)8-6-16(13)15/h4,13-16,18H,5-11H2,1-3H3. The highest BCUT2D eigenvalue weighted by Gasteiger charge is 2.44. The number of allylic oxidation sites excluding steroid dienone is 2. The molecule has 3 rings (SSSR count). The van der Waals surface area contributed by atoms with Gasteiger partial charge in [-0.15, -0.1) is 0 Å². The average molecular weight is 247 g/mol. The van der Waals surface area contributed by atoms with E-state index in [0.717, 1.165) is 23.7 Å². The highest BCUT2D eigenvalue weighted by Crippen LogP contribution is 2.52. The van der Waals surface area contributed by atoms with Crippen LogP contribution < -0.4 is 5.32 Å². The van der Waals surface area contributed by atoms with Gasteiger partial charge in [-0.25, -0.2) is 0 Å². The smallest absolute Gasteiger partial charge is 0.0125 e. The minimum absolute atomic E-state index is 0.365. The Morgan fingerprint density at radius 1 is 1.17 bits per heavy atom. The van der Waals surface area contributed by atoms with Gasteiger partial charge in [-0.1, -0.05) is 11.6 Å². The molecule has 1 aliphatic heterocycles. The van der Waals surface area contributed by atoms with Gasteiger partial charge < -0.3 is 5.32 Å². The molecule has 1 heterocycles. The van der Waals surface area contributed by atoms with E-state index in [0.29, 0.717) is 5.54 Å². The van der Waals surface area contributed by atoms with Gasteiger partial charge in [0, 0.05) is 5.54 Å². The van der Waals surface area contributed by atoms with Crippen molar-refractivity contribution in [1.82, 2.24) is 5.32 Å². The lowest BCUT2D eigenvalue weighted by molar-refractivity contribution is 0.196. The van der Waals surface area contributed by atoms with Crippen LogP contribution in [0.25, 0.3) is 0 Å². The van der Waals surface area contributed by atoms with Crippen molar-refractivity contribution in [1.29, 1.82) is 0 Å². The second-order valence-electron chi connectivity index (χ2n) is 7.71. The number of rotatable bonds is 0. The largest absolute Gasteiger partial charge is 0.312 e. The Morgan fingerprint density at radius 3 is 2.83 bits per heavy atom. The molecule has 4 unspecified atom stereocenters. The average Bonchev–Trinajstić information content (AvgIpc) is 2.61. The molecular weight excluding hydrogens is 218 g/mol. The first-order chi connectivity index (χ1) is 8.55. The van der Waals surface area contributed by atoms with E-state index in [2.05, 4.69) is 32.2 Å². The molecule has 0 aromatic heterocycles. The maximum absolute atomic E-state index is 3.75. The van der Waals surface area contributed by atoms with E-state index >= 15 is 0 Å². The summed E-state index contributed by atoms with van der Waals surface area (Å²) in [5.74, 6) is 4.09. The number of nitrogens with one attached hydrogen (secondary N) is 1. The van der Waals surface area contributed by atoms with Gasteiger partial charge in [-0.05, 0) is 89.5 Å². The molecule has 102 valence electrons. The van der Waals surface area contributed by atoms with Crippen molar-refractivity contribution in [2.24, 2.45) is 23.7 Å². The first-order valence-corrected chi connectivity index (χ1v) is 7.96. The zero-order valence-corrected chi connectivity index (χ0v) is 12.3. The minimum Gasteiger partial charge on any atom is -0.312 e. The summed E-state index contributed by atoms with van der Waals surface area (Å²) in [4.78, 5) is 0. The van der Waals surface area contributed by atoms with E-state index in [1.807, 2.05) is 0 Å². The van der Waals surface area contributed by atoms with Crippen LogP contribution in [-0.4, -0.2) is 12.1 Å². The summed E-state index contributed by atoms with van der Waals surface area (Å²) < 4.78 is 0. The molecule has 1 nitrogen and oxygen atoms in total. The molecule has 0 aromatic rings. The van der Waals surface area contributed by atoms with E-state index < -0.39 is 0 Å². The third-order valence-electron chi connectivity index (χ3n) is 5.91. The Kier molecular flexibility index (Phi) is 3.30. The van der Waals surface area contributed by atoms with Gasteiger partial charge >= 0.3 is 0 Å². The molecule has 0 bridgehead atoms. The van der Waals surface area contributed by atoms with Gasteiger partial charge in [0.25, 0.3) is 0 Å². The van der Waals surface area contributed by atoms with E-state index in [1.165, 1.54) is 45.1 Å². The van der Waals surface area contributed by atoms with Crippen molar-refractivity contribution < 1.29 is 0 Å². The normalized spacial score (nSPS) is 43.4. The molecule has 0 aromatic carbocycles. The van der Waals surface area contributed by atoms with Crippen LogP contribution in [0.5, 0.6) is 0 Å². The molecule has 2 aliphatic carbocycles. The van der Waals surface area contributed by atoms with Crippen LogP contribution in [0.4, 0.5) is 0 Å². The molecular formula is C17H29N. The molecule has 1 saturated carbocycles. The molecule has 1 saturated heterocycles. The molecule has 1 N–H and O–H groups in total. The second-order valence-corrected chi connectivity index (χ2v) is 7.71. The van der Waals surface area contributed by atoms with E-state index in [1.54, 1.807) is 5.57 Å². The van der Waals surface area contributed by atoms with Crippen molar-refractivity contribution in [3.8, 4) is 0 Å². The van der Waals surface area contributed by atoms with E-state index in [9.17, 15) is 0 Å². The lowest BCUT2D eigenvalue weighted by atomic mass is 9.74. The first-order valence-electron chi connectivity index (χ1n) is 7.96. The zero-order chi connectivity index (χ0) is 12.8. The van der Waals surface area contributed by atoms with Crippen molar-refractivity contribution in [2.45, 2.75) is 64.8 Å². The number of hydrogen-bond donors (Lipinski definition) is 1. The van der Waals surface area contributed by atoms with Crippen LogP contribution in [-0.2, 0) is 0 Å². The number of fused-ring (bicyclic) bond motifs is 3. The summed E-state index contributed by atoms with van der Waals surface area (Å²) in [6.07, 6.45) is 11.1. The van der Waals surface area contributed by atoms with Crippen LogP contribution >= 0.6 is 0 Å². The fourth-order valence-electron chi connectivity index (χ4n) is 4.87. The van der Waals surface area contributed by atoms with Crippen LogP contribution in [0.2, 0.25) is 0 Å². The van der Waals surface area contributed by atoms with Crippen molar-refractivity contribution in [3.63, 3.8) is 0 Å². The Hall–Kier alpha value is -0.300. The first kappa shape index (κ1) is 12.7. The molecule has 2 fully saturated rings. The molecule has 1 heteroatoms. The van der Waals surface area contributed by atoms with Gasteiger partial charge in [0.1, 0.15) is 0 Å². The third-order valence-corrected chi connectivity index (χ3v) is 5.91. The highest BCUT2D eigenvalue weighted by molar-refractivity contribution is 5.10. The van der Waals surface area contributed by atoms with Crippen LogP contribution in [0, 0.1) is 23.7 Å². The molecule has 3 aliphatic rings. The van der Waals surface area contributed by atoms with Gasteiger partial charge in [0.05, 0.1) is 0 Å². The van der Waals surface area contributed by atoms with Crippen molar-refractivity contribution >= 4 is 0 Å². The maximum atomic E-state index is 3.75. The lowest BCUT2D eigenvalue weighted by Crippen LogP contribution is -2.43. The van der Waals surface area contributed by atoms with Gasteiger partial charge in [-0.2, -0.15) is 0 Å². The SMILES string of the molecule is CC1=CCC2C(C1)CC1CCNC(C)(C)CCC12. The summed E-state index contributed by atoms with van der Waals surface area (Å²) in [5.41, 5.74) is 2.02. The predicted octanol–water partition coefficient (Wildman–Crippen LogP) is 4.15. The monoisotopic (exact) mass is 247 g/mol. The quantitative estimate of drug-likeness (QED) is 0.634. The molecule has 0 spiro atoms. The Labute approximate surface area is 112 Å². The summed E-state index contributed by atoms with van der Waals surface area (Å²) in [6, 6.07) is 0. The zero-order valence-electron chi connectivity index (χ0n) is 12.3. The van der Waals surface area contributed by atoms with Gasteiger partial charge in [0.2, 0.25) is 0 Å². The fourth-order valence-corrected chi connectivity index (χ4v) is 4.87. The summed E-state index contributed by atoms with van der Waals surface area (Å²) >= 11 is 0. The highest BCUT2D eigenvalue weighted by atomic mass is 15.0. The molecule has 18 heavy (non-hydrogen) atoms. The Morgan fingerprint density at radius 2 is 2.00 bits per heavy atom. The number of hydrogen-bond acceptors (Lipinski definition) is 1. The van der Waals surface area contributed by atoms with Crippen LogP contribution in [0.1, 0.15) is 59.3 Å². The second kappa shape index (κ2) is 4.67. The van der Waals surface area contributed by atoms with Gasteiger partial charge in [0.15, 0.2) is 0 Å². The van der Waals surface area contributed by atoms with Gasteiger partial charge in [-0.3, -0.25) is 0 Å². The van der Waals surface area contributed by atoms with E-state index in [4.69, 9.17) is 0 Å². The van der Waals surface area contributed by atoms with Crippen LogP contribution in [0.3, 0.4) is 0 Å². The molecule has 4 atom stereocenters. The summed E-state index contributed by atoms with van der Waals surface area (Å²) in [6.45, 7) is 8.33. The summed E-state index contributed by atoms with van der Waals surface area (Å²) in [7, 11) is 0. The maximum Gasteiger partial charge on any atom is 0.0125 e. The van der Waals surface area contributed by atoms with E-state index in [-0.39, 0.29) is 0 Å².